The number of ether oxygens (including phenoxy) is 2. The molecule has 2 rings (SSSR count). The predicted octanol–water partition coefficient (Wildman–Crippen LogP) is 3.14. The summed E-state index contributed by atoms with van der Waals surface area (Å²) >= 11 is 0. The standard InChI is InChI=1S/C18H24N2O3/c1-4-7-20-13(2)9-15(14(20)3)10-16(11-19)18(21)23-12-17-6-5-8-22-17/h9-10,17H,4-8,12H2,1-3H3/b16-10+. The third kappa shape index (κ3) is 4.23. The normalized spacial score (nSPS) is 18.0. The summed E-state index contributed by atoms with van der Waals surface area (Å²) in [5, 5.41) is 9.26. The number of hydrogen-bond donors (Lipinski definition) is 0. The average Bonchev–Trinajstić information content (AvgIpc) is 3.14. The van der Waals surface area contributed by atoms with Crippen molar-refractivity contribution in [3.05, 3.63) is 28.6 Å². The lowest BCUT2D eigenvalue weighted by Gasteiger charge is -2.09. The molecule has 0 radical (unpaired) electrons. The summed E-state index contributed by atoms with van der Waals surface area (Å²) in [5.74, 6) is -0.580. The molecular weight excluding hydrogens is 292 g/mol. The molecule has 124 valence electrons. The third-order valence-corrected chi connectivity index (χ3v) is 4.12. The van der Waals surface area contributed by atoms with Crippen LogP contribution in [-0.2, 0) is 20.8 Å². The van der Waals surface area contributed by atoms with Crippen LogP contribution in [0.25, 0.3) is 6.08 Å². The van der Waals surface area contributed by atoms with Gasteiger partial charge in [0.15, 0.2) is 0 Å². The highest BCUT2D eigenvalue weighted by Gasteiger charge is 2.19. The molecule has 0 amide bonds. The van der Waals surface area contributed by atoms with Gasteiger partial charge in [-0.25, -0.2) is 4.79 Å². The molecule has 0 N–H and O–H groups in total. The van der Waals surface area contributed by atoms with E-state index in [1.54, 1.807) is 6.08 Å². The van der Waals surface area contributed by atoms with Gasteiger partial charge < -0.3 is 14.0 Å². The van der Waals surface area contributed by atoms with Crippen LogP contribution in [0.3, 0.4) is 0 Å². The Morgan fingerprint density at radius 3 is 2.96 bits per heavy atom. The van der Waals surface area contributed by atoms with Crippen LogP contribution in [-0.4, -0.2) is 29.9 Å². The maximum atomic E-state index is 12.1. The molecule has 1 fully saturated rings. The highest BCUT2D eigenvalue weighted by Crippen LogP contribution is 2.19. The zero-order chi connectivity index (χ0) is 16.8. The number of rotatable bonds is 6. The van der Waals surface area contributed by atoms with Gasteiger partial charge in [-0.15, -0.1) is 0 Å². The fraction of sp³-hybridized carbons (Fsp3) is 0.556. The van der Waals surface area contributed by atoms with Crippen molar-refractivity contribution in [2.45, 2.75) is 52.7 Å². The molecule has 0 spiro atoms. The van der Waals surface area contributed by atoms with Crippen molar-refractivity contribution < 1.29 is 14.3 Å². The first kappa shape index (κ1) is 17.3. The molecule has 0 saturated carbocycles. The van der Waals surface area contributed by atoms with Gasteiger partial charge in [-0.3, -0.25) is 0 Å². The minimum absolute atomic E-state index is 0.0275. The Morgan fingerprint density at radius 2 is 2.35 bits per heavy atom. The molecule has 0 bridgehead atoms. The molecule has 1 atom stereocenters. The quantitative estimate of drug-likeness (QED) is 0.459. The van der Waals surface area contributed by atoms with Gasteiger partial charge in [0.1, 0.15) is 18.2 Å². The van der Waals surface area contributed by atoms with E-state index in [1.165, 1.54) is 0 Å². The largest absolute Gasteiger partial charge is 0.459 e. The van der Waals surface area contributed by atoms with Crippen molar-refractivity contribution in [2.24, 2.45) is 0 Å². The lowest BCUT2D eigenvalue weighted by atomic mass is 10.1. The van der Waals surface area contributed by atoms with E-state index >= 15 is 0 Å². The fourth-order valence-electron chi connectivity index (χ4n) is 2.86. The summed E-state index contributed by atoms with van der Waals surface area (Å²) in [7, 11) is 0. The molecule has 1 aliphatic heterocycles. The second-order valence-corrected chi connectivity index (χ2v) is 5.88. The highest BCUT2D eigenvalue weighted by molar-refractivity contribution is 5.98. The lowest BCUT2D eigenvalue weighted by Crippen LogP contribution is -2.18. The molecule has 2 heterocycles. The number of aryl methyl sites for hydroxylation is 1. The van der Waals surface area contributed by atoms with E-state index in [2.05, 4.69) is 11.5 Å². The molecule has 1 aromatic rings. The molecule has 1 aliphatic rings. The monoisotopic (exact) mass is 316 g/mol. The summed E-state index contributed by atoms with van der Waals surface area (Å²) in [4.78, 5) is 12.1. The van der Waals surface area contributed by atoms with Gasteiger partial charge in [-0.05, 0) is 50.8 Å². The molecule has 5 heteroatoms. The van der Waals surface area contributed by atoms with Crippen LogP contribution in [0, 0.1) is 25.2 Å². The van der Waals surface area contributed by atoms with Gasteiger partial charge in [0.2, 0.25) is 0 Å². The lowest BCUT2D eigenvalue weighted by molar-refractivity contribution is -0.141. The van der Waals surface area contributed by atoms with E-state index < -0.39 is 5.97 Å². The number of aromatic nitrogens is 1. The minimum atomic E-state index is -0.580. The van der Waals surface area contributed by atoms with Crippen molar-refractivity contribution in [3.8, 4) is 6.07 Å². The van der Waals surface area contributed by atoms with Gasteiger partial charge in [0.25, 0.3) is 0 Å². The van der Waals surface area contributed by atoms with Crippen molar-refractivity contribution in [1.29, 1.82) is 5.26 Å². The zero-order valence-electron chi connectivity index (χ0n) is 14.1. The van der Waals surface area contributed by atoms with Crippen LogP contribution in [0.15, 0.2) is 11.6 Å². The van der Waals surface area contributed by atoms with Crippen LogP contribution in [0.5, 0.6) is 0 Å². The summed E-state index contributed by atoms with van der Waals surface area (Å²) in [6.45, 7) is 8.01. The molecule has 0 aromatic carbocycles. The van der Waals surface area contributed by atoms with Crippen LogP contribution >= 0.6 is 0 Å². The number of esters is 1. The Morgan fingerprint density at radius 1 is 1.57 bits per heavy atom. The van der Waals surface area contributed by atoms with Crippen molar-refractivity contribution >= 4 is 12.0 Å². The SMILES string of the molecule is CCCn1c(C)cc(/C=C(\C#N)C(=O)OCC2CCCO2)c1C. The van der Waals surface area contributed by atoms with Crippen LogP contribution in [0.4, 0.5) is 0 Å². The zero-order valence-corrected chi connectivity index (χ0v) is 14.1. The van der Waals surface area contributed by atoms with Crippen LogP contribution in [0.1, 0.15) is 43.1 Å². The van der Waals surface area contributed by atoms with Crippen molar-refractivity contribution in [2.75, 3.05) is 13.2 Å². The van der Waals surface area contributed by atoms with Crippen molar-refractivity contribution in [3.63, 3.8) is 0 Å². The molecule has 1 unspecified atom stereocenters. The Kier molecular flexibility index (Phi) is 6.00. The van der Waals surface area contributed by atoms with Gasteiger partial charge in [0.05, 0.1) is 6.10 Å². The molecule has 0 aliphatic carbocycles. The van der Waals surface area contributed by atoms with Gasteiger partial charge in [0, 0.05) is 24.5 Å². The number of carbonyl (C=O) groups is 1. The summed E-state index contributed by atoms with van der Waals surface area (Å²) in [6.07, 6.45) is 4.51. The second kappa shape index (κ2) is 7.98. The Labute approximate surface area is 137 Å². The maximum Gasteiger partial charge on any atom is 0.348 e. The van der Waals surface area contributed by atoms with E-state index in [0.717, 1.165) is 42.8 Å². The molecule has 5 nitrogen and oxygen atoms in total. The smallest absolute Gasteiger partial charge is 0.348 e. The van der Waals surface area contributed by atoms with Gasteiger partial charge in [-0.1, -0.05) is 6.92 Å². The number of nitriles is 1. The topological polar surface area (TPSA) is 64.2 Å². The maximum absolute atomic E-state index is 12.1. The first-order valence-electron chi connectivity index (χ1n) is 8.14. The Bertz CT molecular complexity index is 631. The van der Waals surface area contributed by atoms with E-state index in [1.807, 2.05) is 26.0 Å². The summed E-state index contributed by atoms with van der Waals surface area (Å²) in [5.41, 5.74) is 3.10. The third-order valence-electron chi connectivity index (χ3n) is 4.12. The molecule has 1 aromatic heterocycles. The first-order valence-corrected chi connectivity index (χ1v) is 8.14. The molecule has 23 heavy (non-hydrogen) atoms. The summed E-state index contributed by atoms with van der Waals surface area (Å²) < 4.78 is 12.8. The highest BCUT2D eigenvalue weighted by atomic mass is 16.6. The van der Waals surface area contributed by atoms with Gasteiger partial charge >= 0.3 is 5.97 Å². The molecular formula is C18H24N2O3. The Balaban J connectivity index is 2.10. The van der Waals surface area contributed by atoms with Crippen LogP contribution < -0.4 is 0 Å². The minimum Gasteiger partial charge on any atom is -0.459 e. The number of carbonyl (C=O) groups excluding carboxylic acids is 1. The predicted molar refractivity (Wildman–Crippen MR) is 87.7 cm³/mol. The van der Waals surface area contributed by atoms with E-state index in [-0.39, 0.29) is 18.3 Å². The second-order valence-electron chi connectivity index (χ2n) is 5.88. The van der Waals surface area contributed by atoms with E-state index in [9.17, 15) is 10.1 Å². The van der Waals surface area contributed by atoms with E-state index in [4.69, 9.17) is 9.47 Å². The number of nitrogens with zero attached hydrogens (tertiary/aromatic N) is 2. The summed E-state index contributed by atoms with van der Waals surface area (Å²) in [6, 6.07) is 3.95. The first-order chi connectivity index (χ1) is 11.1. The average molecular weight is 316 g/mol. The van der Waals surface area contributed by atoms with Crippen molar-refractivity contribution in [1.82, 2.24) is 4.57 Å². The Hall–Kier alpha value is -2.06. The van der Waals surface area contributed by atoms with Crippen LogP contribution in [0.2, 0.25) is 0 Å². The number of hydrogen-bond acceptors (Lipinski definition) is 4. The fourth-order valence-corrected chi connectivity index (χ4v) is 2.86. The van der Waals surface area contributed by atoms with E-state index in [0.29, 0.717) is 6.61 Å². The molecule has 1 saturated heterocycles. The van der Waals surface area contributed by atoms with Gasteiger partial charge in [-0.2, -0.15) is 5.26 Å².